The molecule has 1 saturated heterocycles. The van der Waals surface area contributed by atoms with Crippen LogP contribution in [0.15, 0.2) is 30.3 Å². The molecule has 2 amide bonds. The van der Waals surface area contributed by atoms with Crippen LogP contribution in [0.3, 0.4) is 0 Å². The van der Waals surface area contributed by atoms with Gasteiger partial charge >= 0.3 is 0 Å². The predicted molar refractivity (Wildman–Crippen MR) is 77.4 cm³/mol. The summed E-state index contributed by atoms with van der Waals surface area (Å²) in [5.41, 5.74) is 0.576. The maximum absolute atomic E-state index is 12.1. The molecule has 0 aromatic heterocycles. The minimum absolute atomic E-state index is 0.0186. The van der Waals surface area contributed by atoms with Crippen molar-refractivity contribution < 1.29 is 9.59 Å². The molecule has 20 heavy (non-hydrogen) atoms. The quantitative estimate of drug-likeness (QED) is 0.878. The SMILES string of the molecule is CC1CN(C)CCN1C(=O)CNC(=O)c1ccccc1. The summed E-state index contributed by atoms with van der Waals surface area (Å²) in [6, 6.07) is 9.12. The van der Waals surface area contributed by atoms with E-state index in [0.717, 1.165) is 19.6 Å². The van der Waals surface area contributed by atoms with Crippen molar-refractivity contribution in [3.05, 3.63) is 35.9 Å². The molecule has 0 spiro atoms. The second kappa shape index (κ2) is 6.52. The van der Waals surface area contributed by atoms with Crippen LogP contribution in [0, 0.1) is 0 Å². The molecule has 1 aliphatic heterocycles. The van der Waals surface area contributed by atoms with Gasteiger partial charge in [-0.25, -0.2) is 0 Å². The van der Waals surface area contributed by atoms with Crippen LogP contribution >= 0.6 is 0 Å². The molecule has 5 nitrogen and oxygen atoms in total. The molecule has 0 saturated carbocycles. The number of benzene rings is 1. The summed E-state index contributed by atoms with van der Waals surface area (Å²) in [5, 5.41) is 2.68. The van der Waals surface area contributed by atoms with Crippen molar-refractivity contribution in [2.75, 3.05) is 33.2 Å². The topological polar surface area (TPSA) is 52.6 Å². The number of likely N-dealkylation sites (N-methyl/N-ethyl adjacent to an activating group) is 1. The third kappa shape index (κ3) is 3.57. The number of rotatable bonds is 3. The first kappa shape index (κ1) is 14.5. The molecule has 2 rings (SSSR count). The number of hydrogen-bond donors (Lipinski definition) is 1. The standard InChI is InChI=1S/C15H21N3O2/c1-12-11-17(2)8-9-18(12)14(19)10-16-15(20)13-6-4-3-5-7-13/h3-7,12H,8-11H2,1-2H3,(H,16,20). The van der Waals surface area contributed by atoms with E-state index >= 15 is 0 Å². The monoisotopic (exact) mass is 275 g/mol. The summed E-state index contributed by atoms with van der Waals surface area (Å²) in [6.07, 6.45) is 0. The zero-order chi connectivity index (χ0) is 14.5. The number of carbonyl (C=O) groups excluding carboxylic acids is 2. The molecule has 1 unspecified atom stereocenters. The third-order valence-electron chi connectivity index (χ3n) is 3.59. The van der Waals surface area contributed by atoms with E-state index in [2.05, 4.69) is 17.3 Å². The summed E-state index contributed by atoms with van der Waals surface area (Å²) in [7, 11) is 2.05. The minimum atomic E-state index is -0.208. The van der Waals surface area contributed by atoms with Crippen LogP contribution in [0.2, 0.25) is 0 Å². The van der Waals surface area contributed by atoms with Gasteiger partial charge in [0.1, 0.15) is 0 Å². The lowest BCUT2D eigenvalue weighted by molar-refractivity contribution is -0.134. The van der Waals surface area contributed by atoms with Crippen LogP contribution in [0.25, 0.3) is 0 Å². The Kier molecular flexibility index (Phi) is 4.74. The first-order valence-electron chi connectivity index (χ1n) is 6.89. The maximum Gasteiger partial charge on any atom is 0.251 e. The van der Waals surface area contributed by atoms with E-state index in [1.165, 1.54) is 0 Å². The molecule has 1 fully saturated rings. The van der Waals surface area contributed by atoms with Crippen LogP contribution in [-0.4, -0.2) is 60.9 Å². The normalized spacial score (nSPS) is 19.7. The van der Waals surface area contributed by atoms with Crippen molar-refractivity contribution in [1.82, 2.24) is 15.1 Å². The largest absolute Gasteiger partial charge is 0.343 e. The molecule has 1 atom stereocenters. The highest BCUT2D eigenvalue weighted by atomic mass is 16.2. The van der Waals surface area contributed by atoms with Crippen LogP contribution < -0.4 is 5.32 Å². The highest BCUT2D eigenvalue weighted by Gasteiger charge is 2.25. The number of nitrogens with one attached hydrogen (secondary N) is 1. The van der Waals surface area contributed by atoms with Gasteiger partial charge < -0.3 is 15.1 Å². The molecule has 1 aromatic rings. The highest BCUT2D eigenvalue weighted by molar-refractivity contribution is 5.96. The Morgan fingerprint density at radius 1 is 1.25 bits per heavy atom. The third-order valence-corrected chi connectivity index (χ3v) is 3.59. The van der Waals surface area contributed by atoms with Crippen molar-refractivity contribution in [2.45, 2.75) is 13.0 Å². The van der Waals surface area contributed by atoms with Gasteiger partial charge in [-0.15, -0.1) is 0 Å². The van der Waals surface area contributed by atoms with Gasteiger partial charge in [-0.05, 0) is 26.1 Å². The predicted octanol–water partition coefficient (Wildman–Crippen LogP) is 0.579. The molecular weight excluding hydrogens is 254 g/mol. The fraction of sp³-hybridized carbons (Fsp3) is 0.467. The van der Waals surface area contributed by atoms with Crippen LogP contribution in [-0.2, 0) is 4.79 Å². The van der Waals surface area contributed by atoms with E-state index in [1.54, 1.807) is 24.3 Å². The van der Waals surface area contributed by atoms with Gasteiger partial charge in [0.25, 0.3) is 5.91 Å². The minimum Gasteiger partial charge on any atom is -0.343 e. The van der Waals surface area contributed by atoms with E-state index in [1.807, 2.05) is 17.9 Å². The molecular formula is C15H21N3O2. The first-order chi connectivity index (χ1) is 9.58. The Hall–Kier alpha value is -1.88. The zero-order valence-corrected chi connectivity index (χ0v) is 12.0. The Bertz CT molecular complexity index is 475. The Morgan fingerprint density at radius 3 is 2.60 bits per heavy atom. The zero-order valence-electron chi connectivity index (χ0n) is 12.0. The molecule has 108 valence electrons. The van der Waals surface area contributed by atoms with Gasteiger partial charge in [-0.3, -0.25) is 9.59 Å². The first-order valence-corrected chi connectivity index (χ1v) is 6.89. The van der Waals surface area contributed by atoms with Crippen molar-refractivity contribution in [3.63, 3.8) is 0 Å². The molecule has 1 N–H and O–H groups in total. The summed E-state index contributed by atoms with van der Waals surface area (Å²) in [4.78, 5) is 28.1. The number of carbonyl (C=O) groups is 2. The number of nitrogens with zero attached hydrogens (tertiary/aromatic N) is 2. The average Bonchev–Trinajstić information content (AvgIpc) is 2.45. The van der Waals surface area contributed by atoms with Gasteiger partial charge in [-0.2, -0.15) is 0 Å². The van der Waals surface area contributed by atoms with Crippen molar-refractivity contribution >= 4 is 11.8 Å². The number of piperazine rings is 1. The molecule has 1 heterocycles. The van der Waals surface area contributed by atoms with E-state index < -0.39 is 0 Å². The summed E-state index contributed by atoms with van der Waals surface area (Å²) in [6.45, 7) is 4.56. The summed E-state index contributed by atoms with van der Waals surface area (Å²) in [5.74, 6) is -0.226. The van der Waals surface area contributed by atoms with Crippen LogP contribution in [0.4, 0.5) is 0 Å². The lowest BCUT2D eigenvalue weighted by atomic mass is 10.2. The Morgan fingerprint density at radius 2 is 1.95 bits per heavy atom. The second-order valence-corrected chi connectivity index (χ2v) is 5.25. The fourth-order valence-electron chi connectivity index (χ4n) is 2.46. The van der Waals surface area contributed by atoms with E-state index in [9.17, 15) is 9.59 Å². The van der Waals surface area contributed by atoms with E-state index in [0.29, 0.717) is 5.56 Å². The summed E-state index contributed by atoms with van der Waals surface area (Å²) >= 11 is 0. The second-order valence-electron chi connectivity index (χ2n) is 5.25. The van der Waals surface area contributed by atoms with Gasteiger partial charge in [0.05, 0.1) is 6.54 Å². The Labute approximate surface area is 119 Å². The van der Waals surface area contributed by atoms with Gasteiger partial charge in [0.15, 0.2) is 0 Å². The summed E-state index contributed by atoms with van der Waals surface area (Å²) < 4.78 is 0. The van der Waals surface area contributed by atoms with E-state index in [4.69, 9.17) is 0 Å². The number of amides is 2. The molecule has 1 aliphatic rings. The highest BCUT2D eigenvalue weighted by Crippen LogP contribution is 2.07. The van der Waals surface area contributed by atoms with Crippen molar-refractivity contribution in [3.8, 4) is 0 Å². The molecule has 0 aliphatic carbocycles. The molecule has 5 heteroatoms. The van der Waals surface area contributed by atoms with Gasteiger partial charge in [0.2, 0.25) is 5.91 Å². The van der Waals surface area contributed by atoms with Crippen molar-refractivity contribution in [1.29, 1.82) is 0 Å². The average molecular weight is 275 g/mol. The molecule has 0 bridgehead atoms. The van der Waals surface area contributed by atoms with Crippen LogP contribution in [0.1, 0.15) is 17.3 Å². The molecule has 0 radical (unpaired) electrons. The maximum atomic E-state index is 12.1. The van der Waals surface area contributed by atoms with Gasteiger partial charge in [0, 0.05) is 31.2 Å². The molecule has 1 aromatic carbocycles. The van der Waals surface area contributed by atoms with E-state index in [-0.39, 0.29) is 24.4 Å². The lowest BCUT2D eigenvalue weighted by Gasteiger charge is -2.38. The fourth-order valence-corrected chi connectivity index (χ4v) is 2.46. The Balaban J connectivity index is 1.85. The smallest absolute Gasteiger partial charge is 0.251 e. The lowest BCUT2D eigenvalue weighted by Crippen LogP contribution is -2.54. The van der Waals surface area contributed by atoms with Crippen molar-refractivity contribution in [2.24, 2.45) is 0 Å². The van der Waals surface area contributed by atoms with Gasteiger partial charge in [-0.1, -0.05) is 18.2 Å². The number of hydrogen-bond acceptors (Lipinski definition) is 3. The van der Waals surface area contributed by atoms with Crippen LogP contribution in [0.5, 0.6) is 0 Å².